The fraction of sp³-hybridized carbons (Fsp3) is 0.324. The van der Waals surface area contributed by atoms with Gasteiger partial charge >= 0.3 is 0 Å². The van der Waals surface area contributed by atoms with Gasteiger partial charge in [-0.05, 0) is 42.3 Å². The van der Waals surface area contributed by atoms with Gasteiger partial charge < -0.3 is 52.5 Å². The first kappa shape index (κ1) is 34.2. The number of carboxylic acid groups (broad SMARTS) is 1. The van der Waals surface area contributed by atoms with Gasteiger partial charge in [0.1, 0.15) is 23.3 Å². The van der Waals surface area contributed by atoms with Gasteiger partial charge in [-0.3, -0.25) is 0 Å². The molecule has 2 heterocycles. The Labute approximate surface area is 289 Å². The van der Waals surface area contributed by atoms with Gasteiger partial charge in [-0.25, -0.2) is 0 Å². The van der Waals surface area contributed by atoms with E-state index < -0.39 is 12.2 Å². The average molecular weight is 685 g/mol. The molecule has 13 nitrogen and oxygen atoms in total. The number of rotatable bonds is 13. The van der Waals surface area contributed by atoms with Crippen LogP contribution in [-0.4, -0.2) is 75.9 Å². The lowest BCUT2D eigenvalue weighted by Gasteiger charge is -2.40. The van der Waals surface area contributed by atoms with Crippen molar-refractivity contribution >= 4 is 16.9 Å². The molecule has 50 heavy (non-hydrogen) atoms. The minimum absolute atomic E-state index is 0.0452. The summed E-state index contributed by atoms with van der Waals surface area (Å²) in [6, 6.07) is 20.8. The smallest absolute Gasteiger partial charge is 0.264 e. The molecular weight excluding hydrogens is 646 g/mol. The molecule has 1 saturated heterocycles. The summed E-state index contributed by atoms with van der Waals surface area (Å²) in [5.41, 5.74) is 2.41. The van der Waals surface area contributed by atoms with E-state index in [0.717, 1.165) is 21.9 Å². The fourth-order valence-corrected chi connectivity index (χ4v) is 6.31. The number of amides is 1. The van der Waals surface area contributed by atoms with Gasteiger partial charge in [-0.1, -0.05) is 41.6 Å². The van der Waals surface area contributed by atoms with Crippen LogP contribution in [0.2, 0.25) is 0 Å². The zero-order valence-corrected chi connectivity index (χ0v) is 28.5. The number of benzene rings is 4. The molecule has 262 valence electrons. The maximum Gasteiger partial charge on any atom is 0.264 e. The number of nitrogens with zero attached hydrogens (tertiary/aromatic N) is 3. The second-order valence-corrected chi connectivity index (χ2v) is 11.6. The van der Waals surface area contributed by atoms with Gasteiger partial charge in [0.25, 0.3) is 5.89 Å². The Bertz CT molecular complexity index is 1920. The molecule has 1 aliphatic heterocycles. The van der Waals surface area contributed by atoms with Crippen molar-refractivity contribution in [2.24, 2.45) is 0 Å². The van der Waals surface area contributed by atoms with Crippen molar-refractivity contribution in [2.45, 2.75) is 31.7 Å². The van der Waals surface area contributed by atoms with Crippen molar-refractivity contribution in [1.82, 2.24) is 15.0 Å². The minimum atomic E-state index is -1.22. The Morgan fingerprint density at radius 3 is 2.16 bits per heavy atom. The number of ether oxygens (including phenoxy) is 7. The second kappa shape index (κ2) is 15.2. The van der Waals surface area contributed by atoms with Crippen molar-refractivity contribution in [1.29, 1.82) is 0 Å². The molecule has 5 aromatic rings. The van der Waals surface area contributed by atoms with Crippen LogP contribution in [0.3, 0.4) is 0 Å². The lowest BCUT2D eigenvalue weighted by Crippen LogP contribution is -2.51. The molecule has 13 heteroatoms. The van der Waals surface area contributed by atoms with E-state index in [-0.39, 0.29) is 31.6 Å². The summed E-state index contributed by atoms with van der Waals surface area (Å²) in [5, 5.41) is 17.7. The van der Waals surface area contributed by atoms with Crippen LogP contribution in [-0.2, 0) is 18.0 Å². The van der Waals surface area contributed by atoms with Crippen LogP contribution in [0, 0.1) is 0 Å². The van der Waals surface area contributed by atoms with E-state index in [1.165, 1.54) is 26.2 Å². The first-order valence-corrected chi connectivity index (χ1v) is 15.9. The summed E-state index contributed by atoms with van der Waals surface area (Å²) in [6.07, 6.45) is -1.11. The average Bonchev–Trinajstić information content (AvgIpc) is 3.64. The molecule has 2 atom stereocenters. The first-order valence-electron chi connectivity index (χ1n) is 15.9. The molecule has 0 aliphatic carbocycles. The van der Waals surface area contributed by atoms with E-state index in [2.05, 4.69) is 10.1 Å². The summed E-state index contributed by atoms with van der Waals surface area (Å²) in [4.78, 5) is 17.6. The first-order chi connectivity index (χ1) is 24.4. The number of piperidine rings is 1. The molecule has 1 aliphatic rings. The van der Waals surface area contributed by atoms with E-state index in [1.807, 2.05) is 54.6 Å². The third kappa shape index (κ3) is 7.03. The van der Waals surface area contributed by atoms with Crippen LogP contribution in [0.4, 0.5) is 4.79 Å². The molecule has 0 N–H and O–H groups in total. The van der Waals surface area contributed by atoms with Crippen LogP contribution >= 0.6 is 0 Å². The zero-order chi connectivity index (χ0) is 35.2. The monoisotopic (exact) mass is 684 g/mol. The van der Waals surface area contributed by atoms with E-state index in [9.17, 15) is 9.90 Å². The Morgan fingerprint density at radius 1 is 0.840 bits per heavy atom. The van der Waals surface area contributed by atoms with Crippen LogP contribution in [0.5, 0.6) is 34.5 Å². The number of aromatic nitrogens is 2. The maximum atomic E-state index is 11.8. The maximum absolute atomic E-state index is 11.8. The number of fused-ring (bicyclic) bond motifs is 1. The lowest BCUT2D eigenvalue weighted by atomic mass is 9.87. The van der Waals surface area contributed by atoms with E-state index in [4.69, 9.17) is 37.7 Å². The number of carbonyl (C=O) groups is 1. The van der Waals surface area contributed by atoms with Gasteiger partial charge in [-0.15, -0.1) is 0 Å². The highest BCUT2D eigenvalue weighted by Crippen LogP contribution is 2.41. The molecular formula is C37H38N3O10-. The van der Waals surface area contributed by atoms with Gasteiger partial charge in [0.15, 0.2) is 18.1 Å². The van der Waals surface area contributed by atoms with Gasteiger partial charge in [0.2, 0.25) is 11.6 Å². The Balaban J connectivity index is 1.15. The Kier molecular flexibility index (Phi) is 10.4. The highest BCUT2D eigenvalue weighted by Gasteiger charge is 2.32. The molecule has 1 amide bonds. The molecule has 6 rings (SSSR count). The van der Waals surface area contributed by atoms with E-state index >= 15 is 0 Å². The zero-order valence-electron chi connectivity index (χ0n) is 28.5. The quantitative estimate of drug-likeness (QED) is 0.160. The van der Waals surface area contributed by atoms with E-state index in [1.54, 1.807) is 26.4 Å². The van der Waals surface area contributed by atoms with Gasteiger partial charge in [0.05, 0.1) is 48.3 Å². The largest absolute Gasteiger partial charge is 0.530 e. The Hall–Kier alpha value is -5.69. The fourth-order valence-electron chi connectivity index (χ4n) is 6.31. The minimum Gasteiger partial charge on any atom is -0.530 e. The number of hydrogen-bond acceptors (Lipinski definition) is 12. The summed E-state index contributed by atoms with van der Waals surface area (Å²) < 4.78 is 45.6. The predicted molar refractivity (Wildman–Crippen MR) is 180 cm³/mol. The highest BCUT2D eigenvalue weighted by atomic mass is 16.5. The second-order valence-electron chi connectivity index (χ2n) is 11.6. The van der Waals surface area contributed by atoms with Crippen LogP contribution < -0.4 is 33.5 Å². The third-order valence-electron chi connectivity index (χ3n) is 8.79. The van der Waals surface area contributed by atoms with Crippen molar-refractivity contribution in [3.63, 3.8) is 0 Å². The summed E-state index contributed by atoms with van der Waals surface area (Å²) in [5.74, 6) is 3.92. The van der Waals surface area contributed by atoms with Crippen LogP contribution in [0.25, 0.3) is 22.2 Å². The summed E-state index contributed by atoms with van der Waals surface area (Å²) >= 11 is 0. The molecule has 0 spiro atoms. The van der Waals surface area contributed by atoms with Gasteiger partial charge in [0, 0.05) is 40.9 Å². The van der Waals surface area contributed by atoms with Gasteiger partial charge in [-0.2, -0.15) is 4.98 Å². The lowest BCUT2D eigenvalue weighted by molar-refractivity contribution is -0.268. The highest BCUT2D eigenvalue weighted by molar-refractivity contribution is 5.94. The molecule has 0 saturated carbocycles. The number of carbonyl (C=O) groups excluding carboxylic acids is 1. The summed E-state index contributed by atoms with van der Waals surface area (Å²) in [6.45, 7) is 0.743. The molecule has 4 aromatic carbocycles. The number of hydrogen-bond donors (Lipinski definition) is 0. The third-order valence-corrected chi connectivity index (χ3v) is 8.79. The predicted octanol–water partition coefficient (Wildman–Crippen LogP) is 5.23. The molecule has 2 unspecified atom stereocenters. The topological polar surface area (TPSA) is 147 Å². The van der Waals surface area contributed by atoms with Crippen molar-refractivity contribution in [2.75, 3.05) is 48.6 Å². The Morgan fingerprint density at radius 2 is 1.52 bits per heavy atom. The van der Waals surface area contributed by atoms with Crippen molar-refractivity contribution in [3.05, 3.63) is 83.7 Å². The number of methoxy groups -OCH3 is 5. The molecule has 0 radical (unpaired) electrons. The SMILES string of the molecule is COc1cc(-c2noc(COc3ccc(C4CCN(C(=O)[O-])CC4OCc4cc(OC)c5ccccc5c4OC)cc3)n2)cc(OC)c1OC. The number of likely N-dealkylation sites (tertiary alicyclic amines) is 1. The van der Waals surface area contributed by atoms with Crippen molar-refractivity contribution < 1.29 is 47.6 Å². The molecule has 1 aromatic heterocycles. The van der Waals surface area contributed by atoms with Crippen LogP contribution in [0.1, 0.15) is 29.4 Å². The van der Waals surface area contributed by atoms with E-state index in [0.29, 0.717) is 58.9 Å². The van der Waals surface area contributed by atoms with Crippen LogP contribution in [0.15, 0.2) is 71.3 Å². The van der Waals surface area contributed by atoms with Crippen molar-refractivity contribution in [3.8, 4) is 45.9 Å². The summed E-state index contributed by atoms with van der Waals surface area (Å²) in [7, 11) is 7.85. The normalized spacial score (nSPS) is 15.8. The standard InChI is InChI=1S/C37H39N3O10/c1-43-29-18-24(34(46-4)28-9-7-6-8-27(28)29)20-49-32-19-40(37(41)42)15-14-26(32)22-10-12-25(13-11-22)48-21-33-38-36(39-50-33)23-16-30(44-2)35(47-5)31(17-23)45-3/h6-13,16-18,26,32H,14-15,19-21H2,1-5H3,(H,41,42)/p-1. The molecule has 1 fully saturated rings. The molecule has 0 bridgehead atoms.